The highest BCUT2D eigenvalue weighted by molar-refractivity contribution is 5.81. The summed E-state index contributed by atoms with van der Waals surface area (Å²) in [5.74, 6) is 0.642. The van der Waals surface area contributed by atoms with Gasteiger partial charge in [0.1, 0.15) is 5.76 Å². The number of nitrogens with two attached hydrogens (primary N) is 1. The first kappa shape index (κ1) is 12.7. The largest absolute Gasteiger partial charge is 0.467 e. The number of likely N-dealkylation sites (N-methyl/N-ethyl adjacent to an activating group) is 1. The molecule has 0 saturated carbocycles. The van der Waals surface area contributed by atoms with E-state index in [-0.39, 0.29) is 5.91 Å². The van der Waals surface area contributed by atoms with Crippen molar-refractivity contribution in [1.82, 2.24) is 4.90 Å². The number of carbonyl (C=O) groups is 1. The van der Waals surface area contributed by atoms with Gasteiger partial charge in [0.25, 0.3) is 0 Å². The van der Waals surface area contributed by atoms with E-state index in [1.807, 2.05) is 6.07 Å². The third-order valence-electron chi connectivity index (χ3n) is 2.30. The zero-order valence-corrected chi connectivity index (χ0v) is 9.68. The topological polar surface area (TPSA) is 68.7 Å². The van der Waals surface area contributed by atoms with Crippen LogP contribution in [0, 0.1) is 0 Å². The molecule has 5 heteroatoms. The van der Waals surface area contributed by atoms with Crippen molar-refractivity contribution in [3.05, 3.63) is 24.2 Å². The summed E-state index contributed by atoms with van der Waals surface area (Å²) in [4.78, 5) is 13.3. The summed E-state index contributed by atoms with van der Waals surface area (Å²) in [5, 5.41) is 0. The normalized spacial score (nSPS) is 12.4. The molecule has 90 valence electrons. The second-order valence-corrected chi connectivity index (χ2v) is 3.66. The van der Waals surface area contributed by atoms with Crippen LogP contribution >= 0.6 is 0 Å². The molecular weight excluding hydrogens is 208 g/mol. The van der Waals surface area contributed by atoms with Crippen LogP contribution in [0.5, 0.6) is 0 Å². The average molecular weight is 226 g/mol. The Bertz CT molecular complexity index is 311. The van der Waals surface area contributed by atoms with E-state index >= 15 is 0 Å². The van der Waals surface area contributed by atoms with Crippen molar-refractivity contribution >= 4 is 5.91 Å². The second-order valence-electron chi connectivity index (χ2n) is 3.66. The zero-order chi connectivity index (χ0) is 12.0. The van der Waals surface area contributed by atoms with Gasteiger partial charge in [-0.2, -0.15) is 0 Å². The van der Waals surface area contributed by atoms with Crippen LogP contribution in [-0.4, -0.2) is 37.6 Å². The molecule has 0 aliphatic heterocycles. The molecule has 5 nitrogen and oxygen atoms in total. The highest BCUT2D eigenvalue weighted by Gasteiger charge is 2.18. The fourth-order valence-corrected chi connectivity index (χ4v) is 1.37. The van der Waals surface area contributed by atoms with Gasteiger partial charge in [-0.25, -0.2) is 0 Å². The van der Waals surface area contributed by atoms with Gasteiger partial charge in [-0.05, 0) is 18.6 Å². The van der Waals surface area contributed by atoms with E-state index < -0.39 is 6.04 Å². The van der Waals surface area contributed by atoms with Crippen molar-refractivity contribution in [1.29, 1.82) is 0 Å². The van der Waals surface area contributed by atoms with Gasteiger partial charge in [-0.15, -0.1) is 0 Å². The SMILES string of the molecule is COCCC(N)C(=O)N(C)Cc1ccco1. The Morgan fingerprint density at radius 3 is 3.00 bits per heavy atom. The molecule has 1 aromatic rings. The molecule has 2 N–H and O–H groups in total. The molecule has 1 aromatic heterocycles. The smallest absolute Gasteiger partial charge is 0.239 e. The Balaban J connectivity index is 2.41. The third-order valence-corrected chi connectivity index (χ3v) is 2.30. The van der Waals surface area contributed by atoms with E-state index in [1.165, 1.54) is 0 Å². The molecule has 0 saturated heterocycles. The van der Waals surface area contributed by atoms with Crippen LogP contribution in [0.3, 0.4) is 0 Å². The van der Waals surface area contributed by atoms with Gasteiger partial charge in [-0.1, -0.05) is 0 Å². The zero-order valence-electron chi connectivity index (χ0n) is 9.68. The Kier molecular flexibility index (Phi) is 5.01. The van der Waals surface area contributed by atoms with Crippen molar-refractivity contribution in [3.8, 4) is 0 Å². The lowest BCUT2D eigenvalue weighted by Crippen LogP contribution is -2.41. The van der Waals surface area contributed by atoms with E-state index in [0.717, 1.165) is 5.76 Å². The number of furan rings is 1. The Labute approximate surface area is 95.2 Å². The van der Waals surface area contributed by atoms with Crippen molar-refractivity contribution < 1.29 is 13.9 Å². The first-order valence-electron chi connectivity index (χ1n) is 5.17. The first-order valence-corrected chi connectivity index (χ1v) is 5.17. The molecule has 0 aliphatic carbocycles. The van der Waals surface area contributed by atoms with Crippen LogP contribution in [0.1, 0.15) is 12.2 Å². The molecule has 0 fully saturated rings. The molecule has 0 radical (unpaired) electrons. The third kappa shape index (κ3) is 3.67. The number of carbonyl (C=O) groups excluding carboxylic acids is 1. The molecule has 1 atom stereocenters. The van der Waals surface area contributed by atoms with Gasteiger partial charge < -0.3 is 19.8 Å². The Morgan fingerprint density at radius 2 is 2.44 bits per heavy atom. The number of methoxy groups -OCH3 is 1. The number of hydrogen-bond donors (Lipinski definition) is 1. The molecule has 0 spiro atoms. The minimum absolute atomic E-state index is 0.103. The number of amides is 1. The van der Waals surface area contributed by atoms with Crippen LogP contribution in [0.15, 0.2) is 22.8 Å². The summed E-state index contributed by atoms with van der Waals surface area (Å²) in [6.45, 7) is 0.925. The summed E-state index contributed by atoms with van der Waals surface area (Å²) in [7, 11) is 3.29. The minimum Gasteiger partial charge on any atom is -0.467 e. The summed E-state index contributed by atoms with van der Waals surface area (Å²) in [5.41, 5.74) is 5.73. The number of rotatable bonds is 6. The summed E-state index contributed by atoms with van der Waals surface area (Å²) in [6, 6.07) is 3.10. The van der Waals surface area contributed by atoms with E-state index in [1.54, 1.807) is 31.4 Å². The Hall–Kier alpha value is -1.33. The fraction of sp³-hybridized carbons (Fsp3) is 0.545. The molecule has 1 unspecified atom stereocenters. The van der Waals surface area contributed by atoms with E-state index in [4.69, 9.17) is 14.9 Å². The molecule has 1 heterocycles. The average Bonchev–Trinajstić information content (AvgIpc) is 2.77. The summed E-state index contributed by atoms with van der Waals surface area (Å²) in [6.07, 6.45) is 2.11. The van der Waals surface area contributed by atoms with Gasteiger partial charge >= 0.3 is 0 Å². The maximum absolute atomic E-state index is 11.8. The number of ether oxygens (including phenoxy) is 1. The van der Waals surface area contributed by atoms with Gasteiger partial charge in [0.05, 0.1) is 18.8 Å². The lowest BCUT2D eigenvalue weighted by molar-refractivity contribution is -0.132. The minimum atomic E-state index is -0.514. The van der Waals surface area contributed by atoms with Crippen LogP contribution in [0.25, 0.3) is 0 Å². The molecule has 0 aromatic carbocycles. The molecule has 1 rings (SSSR count). The van der Waals surface area contributed by atoms with E-state index in [2.05, 4.69) is 0 Å². The van der Waals surface area contributed by atoms with Crippen molar-refractivity contribution in [2.24, 2.45) is 5.73 Å². The van der Waals surface area contributed by atoms with Crippen LogP contribution < -0.4 is 5.73 Å². The molecular formula is C11H18N2O3. The molecule has 1 amide bonds. The van der Waals surface area contributed by atoms with Gasteiger partial charge in [-0.3, -0.25) is 4.79 Å². The van der Waals surface area contributed by atoms with Gasteiger partial charge in [0.15, 0.2) is 0 Å². The Morgan fingerprint density at radius 1 is 1.69 bits per heavy atom. The first-order chi connectivity index (χ1) is 7.65. The predicted octanol–water partition coefficient (Wildman–Crippen LogP) is 0.602. The van der Waals surface area contributed by atoms with E-state index in [9.17, 15) is 4.79 Å². The van der Waals surface area contributed by atoms with Crippen molar-refractivity contribution in [2.75, 3.05) is 20.8 Å². The van der Waals surface area contributed by atoms with Crippen molar-refractivity contribution in [3.63, 3.8) is 0 Å². The van der Waals surface area contributed by atoms with Gasteiger partial charge in [0, 0.05) is 20.8 Å². The monoisotopic (exact) mass is 226 g/mol. The second kappa shape index (κ2) is 6.30. The number of hydrogen-bond acceptors (Lipinski definition) is 4. The highest BCUT2D eigenvalue weighted by atomic mass is 16.5. The lowest BCUT2D eigenvalue weighted by atomic mass is 10.2. The number of nitrogens with zero attached hydrogens (tertiary/aromatic N) is 1. The summed E-state index contributed by atoms with van der Waals surface area (Å²) >= 11 is 0. The standard InChI is InChI=1S/C11H18N2O3/c1-13(8-9-4-3-6-16-9)11(14)10(12)5-7-15-2/h3-4,6,10H,5,7-8,12H2,1-2H3. The van der Waals surface area contributed by atoms with Crippen LogP contribution in [0.4, 0.5) is 0 Å². The highest BCUT2D eigenvalue weighted by Crippen LogP contribution is 2.05. The molecule has 0 aliphatic rings. The maximum atomic E-state index is 11.8. The van der Waals surface area contributed by atoms with E-state index in [0.29, 0.717) is 19.6 Å². The van der Waals surface area contributed by atoms with Crippen LogP contribution in [0.2, 0.25) is 0 Å². The maximum Gasteiger partial charge on any atom is 0.239 e. The van der Waals surface area contributed by atoms with Crippen molar-refractivity contribution in [2.45, 2.75) is 19.0 Å². The molecule has 0 bridgehead atoms. The van der Waals surface area contributed by atoms with Crippen LogP contribution in [-0.2, 0) is 16.1 Å². The lowest BCUT2D eigenvalue weighted by Gasteiger charge is -2.20. The predicted molar refractivity (Wildman–Crippen MR) is 59.7 cm³/mol. The van der Waals surface area contributed by atoms with Gasteiger partial charge in [0.2, 0.25) is 5.91 Å². The summed E-state index contributed by atoms with van der Waals surface area (Å²) < 4.78 is 10.0. The quantitative estimate of drug-likeness (QED) is 0.771. The molecule has 16 heavy (non-hydrogen) atoms. The fourth-order valence-electron chi connectivity index (χ4n) is 1.37.